The van der Waals surface area contributed by atoms with E-state index < -0.39 is 6.55 Å². The monoisotopic (exact) mass is 363 g/mol. The van der Waals surface area contributed by atoms with Gasteiger partial charge in [0, 0.05) is 5.56 Å². The number of hydrogen-bond acceptors (Lipinski definition) is 1. The second-order valence-electron chi connectivity index (χ2n) is 6.28. The van der Waals surface area contributed by atoms with Gasteiger partial charge in [0.1, 0.15) is 0 Å². The van der Waals surface area contributed by atoms with Gasteiger partial charge >= 0.3 is 6.55 Å². The Labute approximate surface area is 155 Å². The van der Waals surface area contributed by atoms with Crippen molar-refractivity contribution in [3.8, 4) is 11.1 Å². The number of aromatic nitrogens is 2. The number of hydrogen-bond donors (Lipinski definition) is 0. The zero-order valence-electron chi connectivity index (χ0n) is 14.4. The fraction of sp³-hybridized carbons (Fsp3) is 0.0909. The van der Waals surface area contributed by atoms with Crippen LogP contribution in [0.1, 0.15) is 16.9 Å². The van der Waals surface area contributed by atoms with E-state index in [-0.39, 0.29) is 12.3 Å². The molecular formula is C22H17F2N2O+. The number of nitrogens with zero attached hydrogens (tertiary/aromatic N) is 2. The Bertz CT molecular complexity index is 1090. The van der Waals surface area contributed by atoms with Gasteiger partial charge in [0.25, 0.3) is 0 Å². The van der Waals surface area contributed by atoms with Gasteiger partial charge in [-0.3, -0.25) is 4.79 Å². The number of ketones is 1. The molecule has 134 valence electrons. The highest BCUT2D eigenvalue weighted by atomic mass is 19.3. The summed E-state index contributed by atoms with van der Waals surface area (Å²) in [5.41, 5.74) is 3.66. The van der Waals surface area contributed by atoms with Crippen LogP contribution in [-0.4, -0.2) is 10.4 Å². The van der Waals surface area contributed by atoms with Crippen molar-refractivity contribution < 1.29 is 18.1 Å². The van der Waals surface area contributed by atoms with Crippen molar-refractivity contribution in [1.29, 1.82) is 0 Å². The van der Waals surface area contributed by atoms with Crippen LogP contribution in [0.2, 0.25) is 0 Å². The molecule has 4 rings (SSSR count). The first-order valence-electron chi connectivity index (χ1n) is 8.59. The third-order valence-corrected chi connectivity index (χ3v) is 4.57. The lowest BCUT2D eigenvalue weighted by Gasteiger charge is -2.03. The highest BCUT2D eigenvalue weighted by Crippen LogP contribution is 2.20. The number of carbonyl (C=O) groups is 1. The van der Waals surface area contributed by atoms with E-state index in [1.165, 1.54) is 6.33 Å². The van der Waals surface area contributed by atoms with Crippen LogP contribution in [0.3, 0.4) is 0 Å². The van der Waals surface area contributed by atoms with Crippen LogP contribution in [-0.2, 0) is 6.54 Å². The van der Waals surface area contributed by atoms with Gasteiger partial charge in [-0.15, -0.1) is 0 Å². The Hall–Kier alpha value is -3.34. The standard InChI is InChI=1S/C22H17F2N2O/c23-22(24)26-15-25(19-8-4-5-9-20(19)26)14-21(27)18-12-10-17(11-13-18)16-6-2-1-3-7-16/h1-13,15,22H,14H2/q+1. The van der Waals surface area contributed by atoms with Crippen molar-refractivity contribution in [1.82, 2.24) is 4.57 Å². The Morgan fingerprint density at radius 3 is 2.19 bits per heavy atom. The minimum absolute atomic E-state index is 0.00488. The number of imidazole rings is 1. The maximum Gasteiger partial charge on any atom is 0.387 e. The van der Waals surface area contributed by atoms with E-state index in [4.69, 9.17) is 0 Å². The third kappa shape index (κ3) is 3.36. The van der Waals surface area contributed by atoms with Gasteiger partial charge < -0.3 is 0 Å². The van der Waals surface area contributed by atoms with Crippen LogP contribution in [0.4, 0.5) is 8.78 Å². The molecule has 0 saturated carbocycles. The van der Waals surface area contributed by atoms with Gasteiger partial charge in [0.05, 0.1) is 0 Å². The number of Topliss-reactive ketones (excluding diaryl/α,β-unsaturated/α-hetero) is 1. The highest BCUT2D eigenvalue weighted by molar-refractivity contribution is 5.95. The molecule has 3 nitrogen and oxygen atoms in total. The van der Waals surface area contributed by atoms with E-state index in [1.54, 1.807) is 41.0 Å². The number of para-hydroxylation sites is 2. The largest absolute Gasteiger partial charge is 0.387 e. The zero-order valence-corrected chi connectivity index (χ0v) is 14.4. The van der Waals surface area contributed by atoms with Crippen LogP contribution >= 0.6 is 0 Å². The Morgan fingerprint density at radius 1 is 0.852 bits per heavy atom. The summed E-state index contributed by atoms with van der Waals surface area (Å²) in [7, 11) is 0. The summed E-state index contributed by atoms with van der Waals surface area (Å²) < 4.78 is 28.9. The van der Waals surface area contributed by atoms with Crippen LogP contribution in [0.15, 0.2) is 85.2 Å². The number of rotatable bonds is 5. The minimum atomic E-state index is -2.66. The SMILES string of the molecule is O=C(C[n+]1cn(C(F)F)c2ccccc21)c1ccc(-c2ccccc2)cc1. The normalized spacial score (nSPS) is 11.2. The molecular weight excluding hydrogens is 346 g/mol. The molecule has 0 unspecified atom stereocenters. The van der Waals surface area contributed by atoms with Crippen molar-refractivity contribution in [3.63, 3.8) is 0 Å². The number of halogens is 2. The van der Waals surface area contributed by atoms with Crippen molar-refractivity contribution >= 4 is 16.8 Å². The molecule has 0 aliphatic heterocycles. The molecule has 0 fully saturated rings. The Balaban J connectivity index is 1.60. The van der Waals surface area contributed by atoms with Crippen molar-refractivity contribution in [2.45, 2.75) is 13.1 Å². The Morgan fingerprint density at radius 2 is 1.48 bits per heavy atom. The second kappa shape index (κ2) is 7.11. The lowest BCUT2D eigenvalue weighted by atomic mass is 10.0. The Kier molecular flexibility index (Phi) is 4.50. The van der Waals surface area contributed by atoms with Crippen LogP contribution in [0, 0.1) is 0 Å². The van der Waals surface area contributed by atoms with E-state index in [1.807, 2.05) is 42.5 Å². The molecule has 0 saturated heterocycles. The maximum atomic E-state index is 13.2. The van der Waals surface area contributed by atoms with Gasteiger partial charge in [0.2, 0.25) is 12.1 Å². The average molecular weight is 363 g/mol. The lowest BCUT2D eigenvalue weighted by Crippen LogP contribution is -2.36. The first-order valence-corrected chi connectivity index (χ1v) is 8.59. The summed E-state index contributed by atoms with van der Waals surface area (Å²) in [4.78, 5) is 12.7. The molecule has 0 bridgehead atoms. The summed E-state index contributed by atoms with van der Waals surface area (Å²) in [6, 6.07) is 24.1. The van der Waals surface area contributed by atoms with E-state index in [0.717, 1.165) is 15.7 Å². The van der Waals surface area contributed by atoms with E-state index in [9.17, 15) is 13.6 Å². The molecule has 1 heterocycles. The fourth-order valence-electron chi connectivity index (χ4n) is 3.21. The highest BCUT2D eigenvalue weighted by Gasteiger charge is 2.23. The molecule has 0 spiro atoms. The van der Waals surface area contributed by atoms with Gasteiger partial charge in [-0.1, -0.05) is 66.7 Å². The van der Waals surface area contributed by atoms with Gasteiger partial charge in [-0.05, 0) is 23.3 Å². The molecule has 3 aromatic carbocycles. The molecule has 0 amide bonds. The summed E-state index contributed by atoms with van der Waals surface area (Å²) >= 11 is 0. The maximum absolute atomic E-state index is 13.2. The summed E-state index contributed by atoms with van der Waals surface area (Å²) in [5.74, 6) is -0.128. The predicted octanol–water partition coefficient (Wildman–Crippen LogP) is 4.87. The molecule has 0 N–H and O–H groups in total. The second-order valence-corrected chi connectivity index (χ2v) is 6.28. The van der Waals surface area contributed by atoms with Crippen molar-refractivity contribution in [3.05, 3.63) is 90.8 Å². The predicted molar refractivity (Wildman–Crippen MR) is 99.6 cm³/mol. The van der Waals surface area contributed by atoms with E-state index in [0.29, 0.717) is 16.6 Å². The van der Waals surface area contributed by atoms with Crippen LogP contribution in [0.5, 0.6) is 0 Å². The smallest absolute Gasteiger partial charge is 0.290 e. The molecule has 0 aliphatic carbocycles. The molecule has 27 heavy (non-hydrogen) atoms. The first kappa shape index (κ1) is 17.1. The summed E-state index contributed by atoms with van der Waals surface area (Å²) in [5, 5.41) is 0. The fourth-order valence-corrected chi connectivity index (χ4v) is 3.21. The molecule has 0 radical (unpaired) electrons. The van der Waals surface area contributed by atoms with E-state index >= 15 is 0 Å². The van der Waals surface area contributed by atoms with E-state index in [2.05, 4.69) is 0 Å². The third-order valence-electron chi connectivity index (χ3n) is 4.57. The number of fused-ring (bicyclic) bond motifs is 1. The molecule has 0 atom stereocenters. The topological polar surface area (TPSA) is 25.9 Å². The molecule has 5 heteroatoms. The van der Waals surface area contributed by atoms with Gasteiger partial charge in [0.15, 0.2) is 17.6 Å². The van der Waals surface area contributed by atoms with Crippen molar-refractivity contribution in [2.75, 3.05) is 0 Å². The zero-order chi connectivity index (χ0) is 18.8. The van der Waals surface area contributed by atoms with Crippen LogP contribution in [0.25, 0.3) is 22.2 Å². The number of alkyl halides is 2. The van der Waals surface area contributed by atoms with Crippen LogP contribution < -0.4 is 4.57 Å². The molecule has 0 aliphatic rings. The molecule has 4 aromatic rings. The average Bonchev–Trinajstić information content (AvgIpc) is 3.08. The van der Waals surface area contributed by atoms with Crippen molar-refractivity contribution in [2.24, 2.45) is 0 Å². The number of benzene rings is 3. The summed E-state index contributed by atoms with van der Waals surface area (Å²) in [6.07, 6.45) is 1.30. The lowest BCUT2D eigenvalue weighted by molar-refractivity contribution is -0.658. The number of carbonyl (C=O) groups excluding carboxylic acids is 1. The quantitative estimate of drug-likeness (QED) is 0.367. The minimum Gasteiger partial charge on any atom is -0.290 e. The van der Waals surface area contributed by atoms with Gasteiger partial charge in [-0.2, -0.15) is 13.3 Å². The summed E-state index contributed by atoms with van der Waals surface area (Å²) in [6.45, 7) is -2.65. The first-order chi connectivity index (χ1) is 13.1. The van der Waals surface area contributed by atoms with Gasteiger partial charge in [-0.25, -0.2) is 4.57 Å². The molecule has 1 aromatic heterocycles.